The molecule has 82 valence electrons. The summed E-state index contributed by atoms with van der Waals surface area (Å²) in [6, 6.07) is 6.03. The van der Waals surface area contributed by atoms with Crippen LogP contribution in [0.5, 0.6) is 5.75 Å². The number of anilines is 1. The van der Waals surface area contributed by atoms with Gasteiger partial charge in [0.1, 0.15) is 11.9 Å². The van der Waals surface area contributed by atoms with Crippen molar-refractivity contribution in [2.45, 2.75) is 19.4 Å². The number of nitrogens with zero attached hydrogens (tertiary/aromatic N) is 1. The molecule has 0 bridgehead atoms. The SMILES string of the molecule is CC1Cc2cc(-c3cnoc3N)ccc2O1. The van der Waals surface area contributed by atoms with Gasteiger partial charge >= 0.3 is 0 Å². The number of nitrogen functional groups attached to an aromatic ring is 1. The molecule has 2 heterocycles. The lowest BCUT2D eigenvalue weighted by molar-refractivity contribution is 0.254. The number of aromatic nitrogens is 1. The topological polar surface area (TPSA) is 61.3 Å². The minimum absolute atomic E-state index is 0.255. The van der Waals surface area contributed by atoms with Crippen LogP contribution in [-0.2, 0) is 6.42 Å². The molecule has 1 unspecified atom stereocenters. The third-order valence-electron chi connectivity index (χ3n) is 2.81. The van der Waals surface area contributed by atoms with Crippen LogP contribution in [0, 0.1) is 0 Å². The average Bonchev–Trinajstić information content (AvgIpc) is 2.81. The third kappa shape index (κ3) is 1.34. The number of fused-ring (bicyclic) bond motifs is 1. The lowest BCUT2D eigenvalue weighted by atomic mass is 10.0. The van der Waals surface area contributed by atoms with Crippen molar-refractivity contribution in [2.24, 2.45) is 0 Å². The molecular formula is C12H12N2O2. The molecule has 2 N–H and O–H groups in total. The van der Waals surface area contributed by atoms with E-state index in [9.17, 15) is 0 Å². The van der Waals surface area contributed by atoms with Gasteiger partial charge in [-0.25, -0.2) is 0 Å². The molecule has 4 heteroatoms. The predicted molar refractivity (Wildman–Crippen MR) is 60.1 cm³/mol. The Morgan fingerprint density at radius 3 is 3.06 bits per heavy atom. The summed E-state index contributed by atoms with van der Waals surface area (Å²) in [5.74, 6) is 1.32. The van der Waals surface area contributed by atoms with E-state index in [1.165, 1.54) is 5.56 Å². The Kier molecular flexibility index (Phi) is 1.89. The second-order valence-electron chi connectivity index (χ2n) is 4.06. The van der Waals surface area contributed by atoms with Crippen LogP contribution in [0.1, 0.15) is 12.5 Å². The Labute approximate surface area is 93.0 Å². The number of rotatable bonds is 1. The number of benzene rings is 1. The first-order chi connectivity index (χ1) is 7.74. The van der Waals surface area contributed by atoms with Crippen LogP contribution < -0.4 is 10.5 Å². The van der Waals surface area contributed by atoms with Crippen LogP contribution in [0.4, 0.5) is 5.88 Å². The fraction of sp³-hybridized carbons (Fsp3) is 0.250. The van der Waals surface area contributed by atoms with Gasteiger partial charge in [-0.2, -0.15) is 0 Å². The maximum atomic E-state index is 5.68. The first-order valence-corrected chi connectivity index (χ1v) is 5.24. The summed E-state index contributed by atoms with van der Waals surface area (Å²) < 4.78 is 10.5. The first-order valence-electron chi connectivity index (χ1n) is 5.24. The van der Waals surface area contributed by atoms with Crippen LogP contribution in [0.2, 0.25) is 0 Å². The van der Waals surface area contributed by atoms with Crippen molar-refractivity contribution in [2.75, 3.05) is 5.73 Å². The Morgan fingerprint density at radius 2 is 2.31 bits per heavy atom. The molecule has 4 nitrogen and oxygen atoms in total. The van der Waals surface area contributed by atoms with E-state index in [1.54, 1.807) is 6.20 Å². The van der Waals surface area contributed by atoms with E-state index in [2.05, 4.69) is 18.1 Å². The molecule has 1 aromatic carbocycles. The normalized spacial score (nSPS) is 18.2. The first kappa shape index (κ1) is 9.27. The Bertz CT molecular complexity index is 534. The Balaban J connectivity index is 2.06. The molecule has 0 fully saturated rings. The smallest absolute Gasteiger partial charge is 0.229 e. The number of nitrogens with two attached hydrogens (primary N) is 1. The fourth-order valence-electron chi connectivity index (χ4n) is 2.06. The largest absolute Gasteiger partial charge is 0.490 e. The minimum Gasteiger partial charge on any atom is -0.490 e. The number of ether oxygens (including phenoxy) is 1. The second kappa shape index (κ2) is 3.27. The lowest BCUT2D eigenvalue weighted by Crippen LogP contribution is -2.05. The molecule has 0 spiro atoms. The van der Waals surface area contributed by atoms with Gasteiger partial charge in [0.15, 0.2) is 0 Å². The van der Waals surface area contributed by atoms with Crippen molar-refractivity contribution in [1.29, 1.82) is 0 Å². The number of hydrogen-bond acceptors (Lipinski definition) is 4. The minimum atomic E-state index is 0.255. The average molecular weight is 216 g/mol. The van der Waals surface area contributed by atoms with E-state index in [1.807, 2.05) is 12.1 Å². The Hall–Kier alpha value is -1.97. The van der Waals surface area contributed by atoms with Crippen molar-refractivity contribution in [3.05, 3.63) is 30.0 Å². The molecule has 16 heavy (non-hydrogen) atoms. The highest BCUT2D eigenvalue weighted by atomic mass is 16.5. The van der Waals surface area contributed by atoms with Crippen molar-refractivity contribution >= 4 is 5.88 Å². The maximum absolute atomic E-state index is 5.68. The van der Waals surface area contributed by atoms with Crippen LogP contribution in [0.15, 0.2) is 28.9 Å². The second-order valence-corrected chi connectivity index (χ2v) is 4.06. The summed E-state index contributed by atoms with van der Waals surface area (Å²) in [4.78, 5) is 0. The van der Waals surface area contributed by atoms with E-state index in [4.69, 9.17) is 15.0 Å². The summed E-state index contributed by atoms with van der Waals surface area (Å²) in [5, 5.41) is 3.68. The predicted octanol–water partition coefficient (Wildman–Crippen LogP) is 2.25. The van der Waals surface area contributed by atoms with Gasteiger partial charge < -0.3 is 15.0 Å². The molecule has 1 aromatic heterocycles. The molecule has 1 aliphatic rings. The molecule has 0 aliphatic carbocycles. The summed E-state index contributed by atoms with van der Waals surface area (Å²) in [6.07, 6.45) is 2.83. The van der Waals surface area contributed by atoms with Gasteiger partial charge in [-0.3, -0.25) is 0 Å². The highest BCUT2D eigenvalue weighted by molar-refractivity contribution is 5.73. The van der Waals surface area contributed by atoms with Crippen LogP contribution >= 0.6 is 0 Å². The molecular weight excluding hydrogens is 204 g/mol. The van der Waals surface area contributed by atoms with E-state index in [0.717, 1.165) is 23.3 Å². The summed E-state index contributed by atoms with van der Waals surface area (Å²) >= 11 is 0. The van der Waals surface area contributed by atoms with Crippen LogP contribution in [0.3, 0.4) is 0 Å². The van der Waals surface area contributed by atoms with E-state index in [-0.39, 0.29) is 6.10 Å². The zero-order chi connectivity index (χ0) is 11.1. The molecule has 2 aromatic rings. The zero-order valence-corrected chi connectivity index (χ0v) is 8.93. The van der Waals surface area contributed by atoms with E-state index >= 15 is 0 Å². The van der Waals surface area contributed by atoms with Gasteiger partial charge in [-0.05, 0) is 30.2 Å². The molecule has 3 rings (SSSR count). The third-order valence-corrected chi connectivity index (χ3v) is 2.81. The quantitative estimate of drug-likeness (QED) is 0.794. The summed E-state index contributed by atoms with van der Waals surface area (Å²) in [7, 11) is 0. The standard InChI is InChI=1S/C12H12N2O2/c1-7-4-9-5-8(2-3-11(9)15-7)10-6-14-16-12(10)13/h2-3,5-7H,4,13H2,1H3. The van der Waals surface area contributed by atoms with Crippen molar-refractivity contribution in [3.8, 4) is 16.9 Å². The molecule has 0 radical (unpaired) electrons. The van der Waals surface area contributed by atoms with Crippen molar-refractivity contribution < 1.29 is 9.26 Å². The maximum Gasteiger partial charge on any atom is 0.229 e. The summed E-state index contributed by atoms with van der Waals surface area (Å²) in [6.45, 7) is 2.06. The number of hydrogen-bond donors (Lipinski definition) is 1. The van der Waals surface area contributed by atoms with Crippen LogP contribution in [0.25, 0.3) is 11.1 Å². The van der Waals surface area contributed by atoms with Gasteiger partial charge in [0, 0.05) is 6.42 Å². The van der Waals surface area contributed by atoms with Gasteiger partial charge in [-0.15, -0.1) is 0 Å². The van der Waals surface area contributed by atoms with Crippen molar-refractivity contribution in [3.63, 3.8) is 0 Å². The van der Waals surface area contributed by atoms with Gasteiger partial charge in [-0.1, -0.05) is 11.2 Å². The lowest BCUT2D eigenvalue weighted by Gasteiger charge is -2.03. The molecule has 0 saturated carbocycles. The van der Waals surface area contributed by atoms with Crippen molar-refractivity contribution in [1.82, 2.24) is 5.16 Å². The molecule has 0 amide bonds. The van der Waals surface area contributed by atoms with Crippen LogP contribution in [-0.4, -0.2) is 11.3 Å². The molecule has 1 atom stereocenters. The highest BCUT2D eigenvalue weighted by Gasteiger charge is 2.20. The van der Waals surface area contributed by atoms with Gasteiger partial charge in [0.25, 0.3) is 0 Å². The zero-order valence-electron chi connectivity index (χ0n) is 8.93. The fourth-order valence-corrected chi connectivity index (χ4v) is 2.06. The van der Waals surface area contributed by atoms with E-state index in [0.29, 0.717) is 5.88 Å². The summed E-state index contributed by atoms with van der Waals surface area (Å²) in [5.41, 5.74) is 8.76. The highest BCUT2D eigenvalue weighted by Crippen LogP contribution is 2.34. The van der Waals surface area contributed by atoms with E-state index < -0.39 is 0 Å². The monoisotopic (exact) mass is 216 g/mol. The Morgan fingerprint density at radius 1 is 1.44 bits per heavy atom. The van der Waals surface area contributed by atoms with Gasteiger partial charge in [0.05, 0.1) is 11.8 Å². The molecule has 1 aliphatic heterocycles. The molecule has 0 saturated heterocycles. The van der Waals surface area contributed by atoms with Gasteiger partial charge in [0.2, 0.25) is 5.88 Å².